The summed E-state index contributed by atoms with van der Waals surface area (Å²) < 4.78 is 4.28. The molecule has 5 heteroatoms. The molecule has 0 aliphatic heterocycles. The molecule has 1 heterocycles. The molecule has 86 valence electrons. The number of nitrogens with two attached hydrogens (primary N) is 1. The van der Waals surface area contributed by atoms with Crippen molar-refractivity contribution >= 4 is 16.7 Å². The van der Waals surface area contributed by atoms with Crippen molar-refractivity contribution in [3.63, 3.8) is 0 Å². The molecule has 0 radical (unpaired) electrons. The lowest BCUT2D eigenvalue weighted by Crippen LogP contribution is -2.16. The SMILES string of the molecule is CCCc1nsc(NC(C)CCCN)n1. The Hall–Kier alpha value is -0.680. The summed E-state index contributed by atoms with van der Waals surface area (Å²) in [5.41, 5.74) is 5.46. The topological polar surface area (TPSA) is 63.8 Å². The van der Waals surface area contributed by atoms with Crippen molar-refractivity contribution in [2.45, 2.75) is 45.6 Å². The molecule has 15 heavy (non-hydrogen) atoms. The van der Waals surface area contributed by atoms with E-state index in [1.165, 1.54) is 11.5 Å². The van der Waals surface area contributed by atoms with Gasteiger partial charge in [0.2, 0.25) is 5.13 Å². The van der Waals surface area contributed by atoms with Crippen LogP contribution < -0.4 is 11.1 Å². The fourth-order valence-corrected chi connectivity index (χ4v) is 2.07. The number of aryl methyl sites for hydroxylation is 1. The lowest BCUT2D eigenvalue weighted by Gasteiger charge is -2.10. The van der Waals surface area contributed by atoms with E-state index >= 15 is 0 Å². The molecule has 0 aliphatic carbocycles. The van der Waals surface area contributed by atoms with Gasteiger partial charge in [-0.3, -0.25) is 0 Å². The van der Waals surface area contributed by atoms with Crippen LogP contribution >= 0.6 is 11.5 Å². The maximum atomic E-state index is 5.46. The highest BCUT2D eigenvalue weighted by Crippen LogP contribution is 2.14. The first-order chi connectivity index (χ1) is 7.26. The van der Waals surface area contributed by atoms with Crippen LogP contribution in [0.5, 0.6) is 0 Å². The van der Waals surface area contributed by atoms with Crippen molar-refractivity contribution in [3.8, 4) is 0 Å². The molecular weight excluding hydrogens is 208 g/mol. The third kappa shape index (κ3) is 4.57. The van der Waals surface area contributed by atoms with Crippen molar-refractivity contribution in [3.05, 3.63) is 5.82 Å². The third-order valence-corrected chi connectivity index (χ3v) is 2.84. The molecule has 0 bridgehead atoms. The minimum Gasteiger partial charge on any atom is -0.358 e. The van der Waals surface area contributed by atoms with Gasteiger partial charge in [0, 0.05) is 24.0 Å². The summed E-state index contributed by atoms with van der Waals surface area (Å²) in [5, 5.41) is 4.28. The van der Waals surface area contributed by atoms with Gasteiger partial charge in [-0.25, -0.2) is 4.98 Å². The molecule has 0 spiro atoms. The summed E-state index contributed by atoms with van der Waals surface area (Å²) in [6.07, 6.45) is 4.20. The Morgan fingerprint density at radius 1 is 1.53 bits per heavy atom. The number of hydrogen-bond donors (Lipinski definition) is 2. The van der Waals surface area contributed by atoms with Gasteiger partial charge in [-0.2, -0.15) is 4.37 Å². The normalized spacial score (nSPS) is 12.7. The van der Waals surface area contributed by atoms with E-state index in [0.717, 1.165) is 43.2 Å². The van der Waals surface area contributed by atoms with Crippen LogP contribution in [-0.4, -0.2) is 21.9 Å². The van der Waals surface area contributed by atoms with Crippen LogP contribution in [0.1, 0.15) is 38.9 Å². The van der Waals surface area contributed by atoms with Crippen molar-refractivity contribution < 1.29 is 0 Å². The van der Waals surface area contributed by atoms with Crippen LogP contribution in [0.15, 0.2) is 0 Å². The smallest absolute Gasteiger partial charge is 0.202 e. The Labute approximate surface area is 95.5 Å². The highest BCUT2D eigenvalue weighted by Gasteiger charge is 2.06. The average Bonchev–Trinajstić information content (AvgIpc) is 2.63. The number of anilines is 1. The Morgan fingerprint density at radius 2 is 2.33 bits per heavy atom. The van der Waals surface area contributed by atoms with Gasteiger partial charge in [-0.05, 0) is 32.7 Å². The van der Waals surface area contributed by atoms with Crippen LogP contribution in [0.2, 0.25) is 0 Å². The highest BCUT2D eigenvalue weighted by molar-refractivity contribution is 7.09. The summed E-state index contributed by atoms with van der Waals surface area (Å²) >= 11 is 1.45. The van der Waals surface area contributed by atoms with E-state index in [-0.39, 0.29) is 0 Å². The van der Waals surface area contributed by atoms with Crippen molar-refractivity contribution in [1.82, 2.24) is 9.36 Å². The first-order valence-electron chi connectivity index (χ1n) is 5.55. The van der Waals surface area contributed by atoms with E-state index < -0.39 is 0 Å². The van der Waals surface area contributed by atoms with E-state index in [9.17, 15) is 0 Å². The maximum Gasteiger partial charge on any atom is 0.202 e. The van der Waals surface area contributed by atoms with E-state index in [2.05, 4.69) is 28.5 Å². The lowest BCUT2D eigenvalue weighted by atomic mass is 10.2. The number of aromatic nitrogens is 2. The molecule has 3 N–H and O–H groups in total. The lowest BCUT2D eigenvalue weighted by molar-refractivity contribution is 0.662. The molecule has 4 nitrogen and oxygen atoms in total. The van der Waals surface area contributed by atoms with Gasteiger partial charge in [-0.15, -0.1) is 0 Å². The summed E-state index contributed by atoms with van der Waals surface area (Å²) in [6.45, 7) is 5.04. The summed E-state index contributed by atoms with van der Waals surface area (Å²) in [5.74, 6) is 0.955. The van der Waals surface area contributed by atoms with Gasteiger partial charge in [0.1, 0.15) is 5.82 Å². The number of hydrogen-bond acceptors (Lipinski definition) is 5. The van der Waals surface area contributed by atoms with Crippen LogP contribution in [0, 0.1) is 0 Å². The number of rotatable bonds is 7. The molecule has 1 rings (SSSR count). The van der Waals surface area contributed by atoms with Gasteiger partial charge in [-0.1, -0.05) is 6.92 Å². The van der Waals surface area contributed by atoms with Crippen LogP contribution in [-0.2, 0) is 6.42 Å². The second kappa shape index (κ2) is 6.74. The van der Waals surface area contributed by atoms with E-state index in [1.54, 1.807) is 0 Å². The molecule has 0 saturated carbocycles. The van der Waals surface area contributed by atoms with E-state index in [0.29, 0.717) is 6.04 Å². The first kappa shape index (κ1) is 12.4. The van der Waals surface area contributed by atoms with Crippen molar-refractivity contribution in [2.75, 3.05) is 11.9 Å². The van der Waals surface area contributed by atoms with Gasteiger partial charge >= 0.3 is 0 Å². The second-order valence-corrected chi connectivity index (χ2v) is 4.49. The Bertz CT molecular complexity index is 274. The quantitative estimate of drug-likeness (QED) is 0.749. The highest BCUT2D eigenvalue weighted by atomic mass is 32.1. The molecule has 0 saturated heterocycles. The number of nitrogens with zero attached hydrogens (tertiary/aromatic N) is 2. The third-order valence-electron chi connectivity index (χ3n) is 2.15. The zero-order chi connectivity index (χ0) is 11.1. The van der Waals surface area contributed by atoms with Crippen LogP contribution in [0.25, 0.3) is 0 Å². The maximum absolute atomic E-state index is 5.46. The Morgan fingerprint density at radius 3 is 3.00 bits per heavy atom. The van der Waals surface area contributed by atoms with E-state index in [4.69, 9.17) is 5.73 Å². The molecule has 0 amide bonds. The molecule has 1 atom stereocenters. The summed E-state index contributed by atoms with van der Waals surface area (Å²) in [7, 11) is 0. The molecule has 0 fully saturated rings. The molecule has 0 aromatic carbocycles. The standard InChI is InChI=1S/C10H20N4S/c1-3-5-9-13-10(15-14-9)12-8(2)6-4-7-11/h8H,3-7,11H2,1-2H3,(H,12,13,14). The predicted octanol–water partition coefficient (Wildman–Crippen LogP) is 2.03. The largest absolute Gasteiger partial charge is 0.358 e. The minimum atomic E-state index is 0.427. The van der Waals surface area contributed by atoms with Crippen molar-refractivity contribution in [2.24, 2.45) is 5.73 Å². The number of nitrogens with one attached hydrogen (secondary N) is 1. The minimum absolute atomic E-state index is 0.427. The Balaban J connectivity index is 2.35. The van der Waals surface area contributed by atoms with Crippen molar-refractivity contribution in [1.29, 1.82) is 0 Å². The fourth-order valence-electron chi connectivity index (χ4n) is 1.34. The Kier molecular flexibility index (Phi) is 5.57. The van der Waals surface area contributed by atoms with Gasteiger partial charge in [0.15, 0.2) is 0 Å². The van der Waals surface area contributed by atoms with Gasteiger partial charge < -0.3 is 11.1 Å². The zero-order valence-electron chi connectivity index (χ0n) is 9.49. The van der Waals surface area contributed by atoms with Gasteiger partial charge in [0.25, 0.3) is 0 Å². The van der Waals surface area contributed by atoms with E-state index in [1.807, 2.05) is 0 Å². The molecule has 1 aromatic rings. The predicted molar refractivity (Wildman–Crippen MR) is 65.3 cm³/mol. The molecule has 1 aromatic heterocycles. The molecular formula is C10H20N4S. The second-order valence-electron chi connectivity index (χ2n) is 3.74. The van der Waals surface area contributed by atoms with Crippen LogP contribution in [0.4, 0.5) is 5.13 Å². The molecule has 1 unspecified atom stereocenters. The monoisotopic (exact) mass is 228 g/mol. The summed E-state index contributed by atoms with van der Waals surface area (Å²) in [6, 6.07) is 0.427. The summed E-state index contributed by atoms with van der Waals surface area (Å²) in [4.78, 5) is 4.41. The zero-order valence-corrected chi connectivity index (χ0v) is 10.3. The first-order valence-corrected chi connectivity index (χ1v) is 6.32. The van der Waals surface area contributed by atoms with Gasteiger partial charge in [0.05, 0.1) is 0 Å². The average molecular weight is 228 g/mol. The molecule has 0 aliphatic rings. The van der Waals surface area contributed by atoms with Crippen LogP contribution in [0.3, 0.4) is 0 Å². The fraction of sp³-hybridized carbons (Fsp3) is 0.800.